The monoisotopic (exact) mass is 1250 g/mol. The van der Waals surface area contributed by atoms with Crippen LogP contribution in [0.4, 0.5) is 0 Å². The van der Waals surface area contributed by atoms with Gasteiger partial charge in [-0.15, -0.1) is 0 Å². The fourth-order valence-corrected chi connectivity index (χ4v) is 21.9. The summed E-state index contributed by atoms with van der Waals surface area (Å²) in [4.78, 5) is 0. The summed E-state index contributed by atoms with van der Waals surface area (Å²) in [6.07, 6.45) is 59.6. The van der Waals surface area contributed by atoms with Crippen molar-refractivity contribution in [2.24, 2.45) is 109 Å². The fourth-order valence-electron chi connectivity index (χ4n) is 21.9. The zero-order valence-electron chi connectivity index (χ0n) is 67.9. The van der Waals surface area contributed by atoms with Crippen LogP contribution in [0.15, 0.2) is 0 Å². The van der Waals surface area contributed by atoms with E-state index in [4.69, 9.17) is 0 Å². The van der Waals surface area contributed by atoms with Crippen LogP contribution in [0.2, 0.25) is 0 Å². The van der Waals surface area contributed by atoms with Crippen molar-refractivity contribution >= 4 is 0 Å². The van der Waals surface area contributed by atoms with E-state index in [1.807, 2.05) is 0 Å². The van der Waals surface area contributed by atoms with E-state index in [0.29, 0.717) is 23.2 Å². The smallest absolute Gasteiger partial charge is 0.0171 e. The molecule has 0 aliphatic carbocycles. The van der Waals surface area contributed by atoms with Crippen molar-refractivity contribution < 1.29 is 0 Å². The molecule has 0 aromatic carbocycles. The van der Waals surface area contributed by atoms with E-state index in [9.17, 15) is 0 Å². The van der Waals surface area contributed by atoms with Gasteiger partial charge in [-0.2, -0.15) is 0 Å². The Hall–Kier alpha value is 0. The van der Waals surface area contributed by atoms with E-state index < -0.39 is 0 Å². The minimum Gasteiger partial charge on any atom is -0.0654 e. The maximum Gasteiger partial charge on any atom is -0.0171 e. The quantitative estimate of drug-likeness (QED) is 0.0569. The van der Waals surface area contributed by atoms with Crippen LogP contribution in [-0.2, 0) is 0 Å². The molecule has 536 valence electrons. The normalized spacial score (nSPS) is 20.2. The zero-order valence-corrected chi connectivity index (χ0v) is 67.9. The molecule has 0 saturated heterocycles. The molecule has 89 heavy (non-hydrogen) atoms. The maximum absolute atomic E-state index is 3.26. The van der Waals surface area contributed by atoms with Gasteiger partial charge < -0.3 is 0 Å². The summed E-state index contributed by atoms with van der Waals surface area (Å²) in [5, 5.41) is 0. The number of rotatable bonds is 61. The predicted octanol–water partition coefficient (Wildman–Crippen LogP) is 32.2. The number of hydrogen-bond donors (Lipinski definition) is 0. The third kappa shape index (κ3) is 26.7. The van der Waals surface area contributed by atoms with Crippen molar-refractivity contribution in [3.63, 3.8) is 0 Å². The lowest BCUT2D eigenvalue weighted by molar-refractivity contribution is -0.249. The maximum atomic E-state index is 3.26. The highest BCUT2D eigenvalue weighted by Crippen LogP contribution is 2.78. The second-order valence-electron chi connectivity index (χ2n) is 34.4. The molecule has 0 saturated carbocycles. The van der Waals surface area contributed by atoms with E-state index in [-0.39, 0.29) is 27.1 Å². The molecule has 0 nitrogen and oxygen atoms in total. The topological polar surface area (TPSA) is 0 Å². The van der Waals surface area contributed by atoms with Gasteiger partial charge in [-0.25, -0.2) is 0 Å². The Morgan fingerprint density at radius 1 is 0.281 bits per heavy atom. The van der Waals surface area contributed by atoms with Gasteiger partial charge in [0, 0.05) is 0 Å². The van der Waals surface area contributed by atoms with Crippen LogP contribution in [0.25, 0.3) is 0 Å². The first-order chi connectivity index (χ1) is 42.4. The van der Waals surface area contributed by atoms with Crippen molar-refractivity contribution in [2.45, 2.75) is 463 Å². The Morgan fingerprint density at radius 3 is 1.28 bits per heavy atom. The first kappa shape index (κ1) is 89.0. The van der Waals surface area contributed by atoms with Gasteiger partial charge in [-0.3, -0.25) is 0 Å². The zero-order chi connectivity index (χ0) is 67.9. The molecule has 0 rings (SSSR count). The largest absolute Gasteiger partial charge is 0.0654 e. The molecular weight excluding hydrogens is 1070 g/mol. The van der Waals surface area contributed by atoms with Crippen molar-refractivity contribution in [1.82, 2.24) is 0 Å². The molecule has 16 unspecified atom stereocenters. The summed E-state index contributed by atoms with van der Waals surface area (Å²) in [5.74, 6) is 9.85. The summed E-state index contributed by atoms with van der Waals surface area (Å²) >= 11 is 0. The second-order valence-corrected chi connectivity index (χ2v) is 34.4. The molecule has 16 atom stereocenters. The Labute approximate surface area is 569 Å². The molecule has 0 aromatic heterocycles. The van der Waals surface area contributed by atoms with E-state index >= 15 is 0 Å². The third-order valence-electron chi connectivity index (χ3n) is 28.7. The van der Waals surface area contributed by atoms with Gasteiger partial charge in [0.25, 0.3) is 0 Å². The third-order valence-corrected chi connectivity index (χ3v) is 28.7. The average molecular weight is 1250 g/mol. The van der Waals surface area contributed by atoms with E-state index in [0.717, 1.165) is 59.2 Å². The summed E-state index contributed by atoms with van der Waals surface area (Å²) < 4.78 is 0. The molecule has 0 bridgehead atoms. The number of hydrogen-bond acceptors (Lipinski definition) is 0. The van der Waals surface area contributed by atoms with E-state index in [1.54, 1.807) is 0 Å². The fraction of sp³-hybridized carbons (Fsp3) is 1.00. The van der Waals surface area contributed by atoms with Crippen LogP contribution in [0.1, 0.15) is 463 Å². The molecule has 0 spiro atoms. The Kier molecular flexibility index (Phi) is 47.8. The summed E-state index contributed by atoms with van der Waals surface area (Å²) in [5.41, 5.74) is 1.18. The van der Waals surface area contributed by atoms with Crippen molar-refractivity contribution in [3.05, 3.63) is 0 Å². The molecule has 0 aromatic rings. The Bertz CT molecular complexity index is 1610. The molecular formula is C89H180. The predicted molar refractivity (Wildman–Crippen MR) is 412 cm³/mol. The lowest BCUT2D eigenvalue weighted by Crippen LogP contribution is -2.66. The lowest BCUT2D eigenvalue weighted by Gasteiger charge is -2.73. The lowest BCUT2D eigenvalue weighted by atomic mass is 9.31. The molecule has 0 aliphatic rings. The van der Waals surface area contributed by atoms with Gasteiger partial charge >= 0.3 is 0 Å². The minimum absolute atomic E-state index is 0.111. The Balaban J connectivity index is 11.9. The van der Waals surface area contributed by atoms with Crippen LogP contribution >= 0.6 is 0 Å². The average Bonchev–Trinajstić information content (AvgIpc) is 0.730. The summed E-state index contributed by atoms with van der Waals surface area (Å²) in [6, 6.07) is 0. The SMILES string of the molecule is CCCCC(CC)CC(CCC(CC)CCC)(C(CCC(CC)CC)CC(CC)CCC)C(CC)(CCCC(CC)CC)C(CC(C)C(CC)CC)(CC(C)(CC)CCC)C(C)(CC(C)CC(C)CC)C(CC(C)C(CC)CCC)CC(C)(CC)CCCC. The first-order valence-electron chi connectivity index (χ1n) is 42.4. The first-order valence-corrected chi connectivity index (χ1v) is 42.4. The summed E-state index contributed by atoms with van der Waals surface area (Å²) in [6.45, 7) is 72.7. The highest BCUT2D eigenvalue weighted by Gasteiger charge is 2.70. The van der Waals surface area contributed by atoms with Gasteiger partial charge in [-0.1, -0.05) is 367 Å². The molecule has 0 radical (unpaired) electrons. The van der Waals surface area contributed by atoms with Gasteiger partial charge in [-0.05, 0) is 206 Å². The minimum atomic E-state index is 0.111. The molecule has 0 heteroatoms. The van der Waals surface area contributed by atoms with E-state index in [2.05, 4.69) is 187 Å². The van der Waals surface area contributed by atoms with Crippen molar-refractivity contribution in [1.29, 1.82) is 0 Å². The molecule has 0 fully saturated rings. The molecule has 0 aliphatic heterocycles. The van der Waals surface area contributed by atoms with E-state index in [1.165, 1.54) is 276 Å². The highest BCUT2D eigenvalue weighted by atomic mass is 14.7. The van der Waals surface area contributed by atoms with Crippen LogP contribution in [-0.4, -0.2) is 0 Å². The Morgan fingerprint density at radius 2 is 0.809 bits per heavy atom. The van der Waals surface area contributed by atoms with Gasteiger partial charge in [0.15, 0.2) is 0 Å². The second kappa shape index (κ2) is 47.8. The van der Waals surface area contributed by atoms with Crippen molar-refractivity contribution in [2.75, 3.05) is 0 Å². The molecule has 0 amide bonds. The van der Waals surface area contributed by atoms with Crippen LogP contribution < -0.4 is 0 Å². The molecule has 0 heterocycles. The van der Waals surface area contributed by atoms with Crippen molar-refractivity contribution in [3.8, 4) is 0 Å². The van der Waals surface area contributed by atoms with Gasteiger partial charge in [0.1, 0.15) is 0 Å². The summed E-state index contributed by atoms with van der Waals surface area (Å²) in [7, 11) is 0. The van der Waals surface area contributed by atoms with Crippen LogP contribution in [0, 0.1) is 109 Å². The highest BCUT2D eigenvalue weighted by molar-refractivity contribution is 5.19. The van der Waals surface area contributed by atoms with Crippen LogP contribution in [0.3, 0.4) is 0 Å². The van der Waals surface area contributed by atoms with Crippen LogP contribution in [0.5, 0.6) is 0 Å². The standard InChI is InChI=1S/C89H180/c1-28-48-54-79(41-14)68-87(62-58-77(39-12)51-30-3,82(57-56-76(37-10)38-11)65-78(40-13)52-31-4)88(47-20,61-50-55-75(35-8)36-9)89(67-74(24)80(42-15)43-16,70-85(26,46-19)59-33-6)86(27,66-72(22)63-71(21)34-7)83(64-73(23)81(44-17)53-32-5)69-84(25,45-18)60-49-29-2/h71-83H,28-70H2,1-27H3. The van der Waals surface area contributed by atoms with Gasteiger partial charge in [0.05, 0.1) is 0 Å². The van der Waals surface area contributed by atoms with Gasteiger partial charge in [0.2, 0.25) is 0 Å². The molecule has 0 N–H and O–H groups in total. The number of unbranched alkanes of at least 4 members (excludes halogenated alkanes) is 2.